The molecule has 0 saturated carbocycles. The standard InChI is InChI=1S/C9H13N3O/c1-13-3-2-12-5-8-4-10-7-11-9(8)6-12/h4,7H,2-3,5-6H2,1H3. The maximum atomic E-state index is 5.02. The molecule has 0 aromatic carbocycles. The summed E-state index contributed by atoms with van der Waals surface area (Å²) in [6.07, 6.45) is 3.51. The van der Waals surface area contributed by atoms with Crippen LogP contribution in [-0.4, -0.2) is 35.1 Å². The lowest BCUT2D eigenvalue weighted by atomic mass is 10.3. The first kappa shape index (κ1) is 8.59. The number of methoxy groups -OCH3 is 1. The number of hydrogen-bond donors (Lipinski definition) is 0. The molecule has 1 aliphatic rings. The van der Waals surface area contributed by atoms with Crippen LogP contribution < -0.4 is 0 Å². The largest absolute Gasteiger partial charge is 0.383 e. The maximum Gasteiger partial charge on any atom is 0.115 e. The molecule has 4 heteroatoms. The Hall–Kier alpha value is -1.00. The van der Waals surface area contributed by atoms with Crippen molar-refractivity contribution in [2.45, 2.75) is 13.1 Å². The number of fused-ring (bicyclic) bond motifs is 1. The van der Waals surface area contributed by atoms with Crippen molar-refractivity contribution in [2.75, 3.05) is 20.3 Å². The Morgan fingerprint density at radius 1 is 1.54 bits per heavy atom. The minimum absolute atomic E-state index is 0.779. The quantitative estimate of drug-likeness (QED) is 0.674. The van der Waals surface area contributed by atoms with Crippen molar-refractivity contribution in [3.8, 4) is 0 Å². The van der Waals surface area contributed by atoms with Gasteiger partial charge in [0.15, 0.2) is 0 Å². The summed E-state index contributed by atoms with van der Waals surface area (Å²) in [5.41, 5.74) is 2.41. The fourth-order valence-electron chi connectivity index (χ4n) is 1.55. The van der Waals surface area contributed by atoms with Gasteiger partial charge in [-0.3, -0.25) is 4.90 Å². The fraction of sp³-hybridized carbons (Fsp3) is 0.556. The maximum absolute atomic E-state index is 5.02. The molecule has 70 valence electrons. The zero-order valence-electron chi connectivity index (χ0n) is 7.73. The van der Waals surface area contributed by atoms with Crippen molar-refractivity contribution in [1.29, 1.82) is 0 Å². The number of ether oxygens (including phenoxy) is 1. The highest BCUT2D eigenvalue weighted by atomic mass is 16.5. The molecule has 1 aromatic heterocycles. The molecular weight excluding hydrogens is 166 g/mol. The van der Waals surface area contributed by atoms with Gasteiger partial charge in [0, 0.05) is 38.5 Å². The normalized spacial score (nSPS) is 16.1. The summed E-state index contributed by atoms with van der Waals surface area (Å²) in [5.74, 6) is 0. The highest BCUT2D eigenvalue weighted by molar-refractivity contribution is 5.19. The summed E-state index contributed by atoms with van der Waals surface area (Å²) in [6.45, 7) is 3.63. The SMILES string of the molecule is COCCN1Cc2cncnc2C1. The fourth-order valence-corrected chi connectivity index (χ4v) is 1.55. The van der Waals surface area contributed by atoms with Crippen LogP contribution in [0.3, 0.4) is 0 Å². The predicted octanol–water partition coefficient (Wildman–Crippen LogP) is 0.439. The number of hydrogen-bond acceptors (Lipinski definition) is 4. The van der Waals surface area contributed by atoms with Gasteiger partial charge in [-0.05, 0) is 0 Å². The highest BCUT2D eigenvalue weighted by Gasteiger charge is 2.18. The molecule has 0 atom stereocenters. The van der Waals surface area contributed by atoms with Gasteiger partial charge in [0.2, 0.25) is 0 Å². The van der Waals surface area contributed by atoms with Crippen molar-refractivity contribution in [3.05, 3.63) is 23.8 Å². The van der Waals surface area contributed by atoms with E-state index < -0.39 is 0 Å². The number of aromatic nitrogens is 2. The minimum Gasteiger partial charge on any atom is -0.383 e. The summed E-state index contributed by atoms with van der Waals surface area (Å²) >= 11 is 0. The van der Waals surface area contributed by atoms with Crippen LogP contribution in [0.4, 0.5) is 0 Å². The Morgan fingerprint density at radius 2 is 2.46 bits per heavy atom. The molecule has 0 saturated heterocycles. The molecule has 0 amide bonds. The Labute approximate surface area is 77.6 Å². The number of nitrogens with zero attached hydrogens (tertiary/aromatic N) is 3. The van der Waals surface area contributed by atoms with Gasteiger partial charge in [-0.25, -0.2) is 9.97 Å². The molecule has 4 nitrogen and oxygen atoms in total. The third kappa shape index (κ3) is 1.84. The summed E-state index contributed by atoms with van der Waals surface area (Å²) in [5, 5.41) is 0. The van der Waals surface area contributed by atoms with Gasteiger partial charge in [0.1, 0.15) is 6.33 Å². The molecule has 2 rings (SSSR count). The van der Waals surface area contributed by atoms with E-state index in [-0.39, 0.29) is 0 Å². The van der Waals surface area contributed by atoms with Crippen molar-refractivity contribution in [2.24, 2.45) is 0 Å². The molecule has 0 N–H and O–H groups in total. The van der Waals surface area contributed by atoms with E-state index in [0.717, 1.165) is 31.9 Å². The van der Waals surface area contributed by atoms with E-state index in [2.05, 4.69) is 14.9 Å². The van der Waals surface area contributed by atoms with Gasteiger partial charge < -0.3 is 4.74 Å². The molecule has 0 bridgehead atoms. The van der Waals surface area contributed by atoms with Gasteiger partial charge in [-0.15, -0.1) is 0 Å². The summed E-state index contributed by atoms with van der Waals surface area (Å²) in [7, 11) is 1.73. The lowest BCUT2D eigenvalue weighted by Crippen LogP contribution is -2.21. The molecule has 0 unspecified atom stereocenters. The van der Waals surface area contributed by atoms with E-state index in [9.17, 15) is 0 Å². The number of rotatable bonds is 3. The van der Waals surface area contributed by atoms with E-state index in [1.807, 2.05) is 6.20 Å². The molecule has 1 aromatic rings. The van der Waals surface area contributed by atoms with E-state index in [1.54, 1.807) is 13.4 Å². The zero-order valence-corrected chi connectivity index (χ0v) is 7.73. The van der Waals surface area contributed by atoms with E-state index in [0.29, 0.717) is 0 Å². The Morgan fingerprint density at radius 3 is 3.23 bits per heavy atom. The Bertz CT molecular complexity index is 265. The molecule has 0 radical (unpaired) electrons. The Balaban J connectivity index is 1.97. The Kier molecular flexibility index (Phi) is 2.52. The average molecular weight is 179 g/mol. The minimum atomic E-state index is 0.779. The lowest BCUT2D eigenvalue weighted by molar-refractivity contribution is 0.147. The van der Waals surface area contributed by atoms with Crippen LogP contribution >= 0.6 is 0 Å². The topological polar surface area (TPSA) is 38.2 Å². The molecule has 0 aliphatic carbocycles. The van der Waals surface area contributed by atoms with Crippen molar-refractivity contribution < 1.29 is 4.74 Å². The summed E-state index contributed by atoms with van der Waals surface area (Å²) < 4.78 is 5.02. The van der Waals surface area contributed by atoms with E-state index >= 15 is 0 Å². The van der Waals surface area contributed by atoms with Crippen LogP contribution in [0.1, 0.15) is 11.3 Å². The monoisotopic (exact) mass is 179 g/mol. The second kappa shape index (κ2) is 3.81. The van der Waals surface area contributed by atoms with Crippen LogP contribution in [0.2, 0.25) is 0 Å². The zero-order chi connectivity index (χ0) is 9.10. The van der Waals surface area contributed by atoms with Gasteiger partial charge >= 0.3 is 0 Å². The first-order valence-corrected chi connectivity index (χ1v) is 4.39. The molecular formula is C9H13N3O. The first-order chi connectivity index (χ1) is 6.40. The van der Waals surface area contributed by atoms with Crippen LogP contribution in [0.5, 0.6) is 0 Å². The average Bonchev–Trinajstić information content (AvgIpc) is 2.57. The smallest absolute Gasteiger partial charge is 0.115 e. The predicted molar refractivity (Wildman–Crippen MR) is 48.0 cm³/mol. The van der Waals surface area contributed by atoms with Crippen molar-refractivity contribution >= 4 is 0 Å². The second-order valence-corrected chi connectivity index (χ2v) is 3.20. The third-order valence-corrected chi connectivity index (χ3v) is 2.26. The molecule has 1 aliphatic heterocycles. The first-order valence-electron chi connectivity index (χ1n) is 4.39. The second-order valence-electron chi connectivity index (χ2n) is 3.20. The van der Waals surface area contributed by atoms with Gasteiger partial charge in [-0.2, -0.15) is 0 Å². The van der Waals surface area contributed by atoms with Crippen LogP contribution in [-0.2, 0) is 17.8 Å². The highest BCUT2D eigenvalue weighted by Crippen LogP contribution is 2.18. The van der Waals surface area contributed by atoms with E-state index in [1.165, 1.54) is 5.56 Å². The van der Waals surface area contributed by atoms with Gasteiger partial charge in [-0.1, -0.05) is 0 Å². The van der Waals surface area contributed by atoms with Gasteiger partial charge in [0.25, 0.3) is 0 Å². The lowest BCUT2D eigenvalue weighted by Gasteiger charge is -2.12. The van der Waals surface area contributed by atoms with Crippen LogP contribution in [0, 0.1) is 0 Å². The third-order valence-electron chi connectivity index (χ3n) is 2.26. The van der Waals surface area contributed by atoms with Crippen molar-refractivity contribution in [1.82, 2.24) is 14.9 Å². The summed E-state index contributed by atoms with van der Waals surface area (Å²) in [4.78, 5) is 10.5. The molecule has 0 fully saturated rings. The van der Waals surface area contributed by atoms with Gasteiger partial charge in [0.05, 0.1) is 12.3 Å². The van der Waals surface area contributed by atoms with Crippen LogP contribution in [0.25, 0.3) is 0 Å². The molecule has 13 heavy (non-hydrogen) atoms. The van der Waals surface area contributed by atoms with E-state index in [4.69, 9.17) is 4.74 Å². The molecule has 0 spiro atoms. The molecule has 2 heterocycles. The van der Waals surface area contributed by atoms with Crippen molar-refractivity contribution in [3.63, 3.8) is 0 Å². The summed E-state index contributed by atoms with van der Waals surface area (Å²) in [6, 6.07) is 0. The van der Waals surface area contributed by atoms with Crippen LogP contribution in [0.15, 0.2) is 12.5 Å².